The first-order valence-corrected chi connectivity index (χ1v) is 8.17. The number of rotatable bonds is 0. The number of carbonyl (C=O) groups is 2. The molecule has 0 radical (unpaired) electrons. The third-order valence-electron chi connectivity index (χ3n) is 4.29. The molecule has 23 heavy (non-hydrogen) atoms. The highest BCUT2D eigenvalue weighted by molar-refractivity contribution is 5.98. The Morgan fingerprint density at radius 2 is 1.57 bits per heavy atom. The van der Waals surface area contributed by atoms with Gasteiger partial charge in [-0.25, -0.2) is 4.79 Å². The number of cyclic esters (lactones) is 1. The number of ether oxygens (including phenoxy) is 2. The molecule has 0 saturated heterocycles. The van der Waals surface area contributed by atoms with Gasteiger partial charge in [0.25, 0.3) is 0 Å². The number of esters is 1. The van der Waals surface area contributed by atoms with Gasteiger partial charge < -0.3 is 13.9 Å². The summed E-state index contributed by atoms with van der Waals surface area (Å²) in [6.45, 7) is 8.39. The maximum Gasteiger partial charge on any atom is 0.374 e. The summed E-state index contributed by atoms with van der Waals surface area (Å²) in [5.41, 5.74) is -0.789. The third kappa shape index (κ3) is 4.67. The van der Waals surface area contributed by atoms with E-state index in [2.05, 4.69) is 0 Å². The van der Waals surface area contributed by atoms with Crippen LogP contribution >= 0.6 is 0 Å². The molecular formula is C18H26O5. The Morgan fingerprint density at radius 3 is 2.30 bits per heavy atom. The fourth-order valence-corrected chi connectivity index (χ4v) is 2.73. The lowest BCUT2D eigenvalue weighted by Crippen LogP contribution is -2.27. The molecule has 0 fully saturated rings. The second-order valence-corrected chi connectivity index (χ2v) is 7.33. The molecule has 2 bridgehead atoms. The van der Waals surface area contributed by atoms with Gasteiger partial charge in [-0.2, -0.15) is 0 Å². The van der Waals surface area contributed by atoms with Gasteiger partial charge in [-0.1, -0.05) is 26.7 Å². The molecule has 0 aliphatic carbocycles. The highest BCUT2D eigenvalue weighted by Gasteiger charge is 2.31. The van der Waals surface area contributed by atoms with E-state index in [9.17, 15) is 9.59 Å². The molecule has 1 aromatic heterocycles. The average Bonchev–Trinajstić information content (AvgIpc) is 2.96. The first-order valence-electron chi connectivity index (χ1n) is 8.17. The van der Waals surface area contributed by atoms with Crippen LogP contribution < -0.4 is 0 Å². The van der Waals surface area contributed by atoms with Crippen LogP contribution in [0.15, 0.2) is 16.5 Å². The average molecular weight is 322 g/mol. The molecular weight excluding hydrogens is 296 g/mol. The monoisotopic (exact) mass is 322 g/mol. The van der Waals surface area contributed by atoms with Crippen molar-refractivity contribution < 1.29 is 23.5 Å². The molecule has 0 amide bonds. The van der Waals surface area contributed by atoms with Gasteiger partial charge >= 0.3 is 5.97 Å². The van der Waals surface area contributed by atoms with Crippen LogP contribution in [0.1, 0.15) is 74.5 Å². The van der Waals surface area contributed by atoms with Gasteiger partial charge in [-0.05, 0) is 38.8 Å². The molecule has 2 heterocycles. The minimum absolute atomic E-state index is 0.0540. The second-order valence-electron chi connectivity index (χ2n) is 7.33. The lowest BCUT2D eigenvalue weighted by Gasteiger charge is -2.26. The first kappa shape index (κ1) is 17.7. The molecule has 5 heteroatoms. The van der Waals surface area contributed by atoms with Gasteiger partial charge in [0.15, 0.2) is 5.76 Å². The van der Waals surface area contributed by atoms with Gasteiger partial charge in [-0.15, -0.1) is 0 Å². The summed E-state index contributed by atoms with van der Waals surface area (Å²) in [5.74, 6) is -0.383. The number of Topliss-reactive ketones (excluding diaryl/α,β-unsaturated/α-hetero) is 1. The Balaban J connectivity index is 2.18. The number of ketones is 1. The van der Waals surface area contributed by atoms with E-state index in [1.165, 1.54) is 6.07 Å². The lowest BCUT2D eigenvalue weighted by atomic mass is 9.81. The van der Waals surface area contributed by atoms with Crippen molar-refractivity contribution in [2.24, 2.45) is 5.41 Å². The Labute approximate surface area is 137 Å². The smallest absolute Gasteiger partial charge is 0.374 e. The maximum atomic E-state index is 12.6. The predicted molar refractivity (Wildman–Crippen MR) is 85.6 cm³/mol. The molecule has 0 atom stereocenters. The molecule has 0 saturated carbocycles. The zero-order chi connectivity index (χ0) is 17.1. The van der Waals surface area contributed by atoms with Crippen molar-refractivity contribution in [2.45, 2.75) is 59.0 Å². The standard InChI is InChI=1S/C18H26O5/c1-17(2)9-5-6-10-18(3,4)22-12-11-21-16(20)14-8-7-13(23-14)15(17)19/h7-8H,5-6,9-12H2,1-4H3. The molecule has 0 unspecified atom stereocenters. The minimum atomic E-state index is -0.571. The molecule has 1 aromatic rings. The molecule has 128 valence electrons. The Bertz CT molecular complexity index is 568. The zero-order valence-electron chi connectivity index (χ0n) is 14.4. The second kappa shape index (κ2) is 6.87. The highest BCUT2D eigenvalue weighted by Crippen LogP contribution is 2.30. The van der Waals surface area contributed by atoms with Gasteiger partial charge in [0.05, 0.1) is 12.2 Å². The van der Waals surface area contributed by atoms with Gasteiger partial charge in [0.1, 0.15) is 6.61 Å². The number of hydrogen-bond donors (Lipinski definition) is 0. The zero-order valence-corrected chi connectivity index (χ0v) is 14.4. The van der Waals surface area contributed by atoms with E-state index in [-0.39, 0.29) is 29.5 Å². The van der Waals surface area contributed by atoms with Crippen molar-refractivity contribution in [2.75, 3.05) is 13.2 Å². The van der Waals surface area contributed by atoms with Crippen LogP contribution in [-0.2, 0) is 9.47 Å². The largest absolute Gasteiger partial charge is 0.457 e. The summed E-state index contributed by atoms with van der Waals surface area (Å²) in [4.78, 5) is 24.5. The molecule has 1 aliphatic heterocycles. The van der Waals surface area contributed by atoms with Gasteiger partial charge in [0.2, 0.25) is 11.5 Å². The maximum absolute atomic E-state index is 12.6. The Hall–Kier alpha value is -1.62. The van der Waals surface area contributed by atoms with E-state index in [1.807, 2.05) is 27.7 Å². The van der Waals surface area contributed by atoms with Crippen molar-refractivity contribution in [3.05, 3.63) is 23.7 Å². The van der Waals surface area contributed by atoms with Crippen LogP contribution in [0.4, 0.5) is 0 Å². The van der Waals surface area contributed by atoms with Crippen molar-refractivity contribution in [1.82, 2.24) is 0 Å². The molecule has 2 rings (SSSR count). The van der Waals surface area contributed by atoms with Crippen LogP contribution in [0.3, 0.4) is 0 Å². The number of hydrogen-bond acceptors (Lipinski definition) is 5. The summed E-state index contributed by atoms with van der Waals surface area (Å²) in [6.07, 6.45) is 3.58. The fourth-order valence-electron chi connectivity index (χ4n) is 2.73. The molecule has 5 nitrogen and oxygen atoms in total. The predicted octanol–water partition coefficient (Wildman–Crippen LogP) is 4.01. The minimum Gasteiger partial charge on any atom is -0.457 e. The number of fused-ring (bicyclic) bond motifs is 2. The third-order valence-corrected chi connectivity index (χ3v) is 4.29. The van der Waals surface area contributed by atoms with Crippen LogP contribution in [-0.4, -0.2) is 30.6 Å². The van der Waals surface area contributed by atoms with E-state index in [0.717, 1.165) is 25.7 Å². The lowest BCUT2D eigenvalue weighted by molar-refractivity contribution is -0.0454. The SMILES string of the molecule is CC1(C)CCCCC(C)(C)C(=O)c2ccc(o2)C(=O)OCCO1. The highest BCUT2D eigenvalue weighted by atomic mass is 16.6. The Kier molecular flexibility index (Phi) is 5.30. The van der Waals surface area contributed by atoms with E-state index in [4.69, 9.17) is 13.9 Å². The molecule has 1 aliphatic rings. The first-order chi connectivity index (χ1) is 10.7. The molecule has 0 aromatic carbocycles. The molecule has 0 spiro atoms. The number of furan rings is 1. The van der Waals surface area contributed by atoms with Crippen LogP contribution in [0.2, 0.25) is 0 Å². The van der Waals surface area contributed by atoms with Crippen LogP contribution in [0, 0.1) is 5.41 Å². The summed E-state index contributed by atoms with van der Waals surface area (Å²) < 4.78 is 16.3. The van der Waals surface area contributed by atoms with Crippen molar-refractivity contribution in [3.63, 3.8) is 0 Å². The van der Waals surface area contributed by atoms with Crippen molar-refractivity contribution in [3.8, 4) is 0 Å². The van der Waals surface area contributed by atoms with E-state index in [0.29, 0.717) is 6.61 Å². The molecule has 0 N–H and O–H groups in total. The summed E-state index contributed by atoms with van der Waals surface area (Å²) in [5, 5.41) is 0. The van der Waals surface area contributed by atoms with Crippen LogP contribution in [0.5, 0.6) is 0 Å². The van der Waals surface area contributed by atoms with E-state index in [1.54, 1.807) is 6.07 Å². The number of carbonyl (C=O) groups excluding carboxylic acids is 2. The van der Waals surface area contributed by atoms with E-state index >= 15 is 0 Å². The van der Waals surface area contributed by atoms with Gasteiger partial charge in [0, 0.05) is 5.41 Å². The van der Waals surface area contributed by atoms with E-state index < -0.39 is 11.4 Å². The quantitative estimate of drug-likeness (QED) is 0.675. The fraction of sp³-hybridized carbons (Fsp3) is 0.667. The summed E-state index contributed by atoms with van der Waals surface area (Å²) in [7, 11) is 0. The summed E-state index contributed by atoms with van der Waals surface area (Å²) in [6, 6.07) is 3.04. The summed E-state index contributed by atoms with van der Waals surface area (Å²) >= 11 is 0. The Morgan fingerprint density at radius 1 is 0.913 bits per heavy atom. The van der Waals surface area contributed by atoms with Crippen molar-refractivity contribution in [1.29, 1.82) is 0 Å². The normalized spacial score (nSPS) is 22.8. The van der Waals surface area contributed by atoms with Gasteiger partial charge in [-0.3, -0.25) is 4.79 Å². The van der Waals surface area contributed by atoms with Crippen LogP contribution in [0.25, 0.3) is 0 Å². The van der Waals surface area contributed by atoms with Crippen molar-refractivity contribution >= 4 is 11.8 Å². The topological polar surface area (TPSA) is 65.7 Å².